The molecule has 1 aromatic rings. The smallest absolute Gasteiger partial charge is 0.310 e. The summed E-state index contributed by atoms with van der Waals surface area (Å²) in [5.41, 5.74) is 1.81. The Labute approximate surface area is 108 Å². The number of aliphatic carboxylic acids is 1. The maximum atomic E-state index is 11.3. The number of fused-ring (bicyclic) bond motifs is 1. The number of benzene rings is 1. The average Bonchev–Trinajstić information content (AvgIpc) is 2.28. The predicted octanol–water partition coefficient (Wildman–Crippen LogP) is 2.80. The SMILES string of the molecule is CC1Cc2ccccc2N(CC(C)(C)C(=O)O)C1. The third-order valence-electron chi connectivity index (χ3n) is 3.60. The Morgan fingerprint density at radius 2 is 2.11 bits per heavy atom. The second-order valence-corrected chi connectivity index (χ2v) is 6.01. The van der Waals surface area contributed by atoms with Crippen LogP contribution < -0.4 is 4.90 Å². The summed E-state index contributed by atoms with van der Waals surface area (Å²) in [7, 11) is 0. The number of carboxylic acids is 1. The van der Waals surface area contributed by atoms with E-state index in [-0.39, 0.29) is 0 Å². The van der Waals surface area contributed by atoms with E-state index in [1.807, 2.05) is 6.07 Å². The lowest BCUT2D eigenvalue weighted by Gasteiger charge is -2.38. The highest BCUT2D eigenvalue weighted by Crippen LogP contribution is 2.32. The number of nitrogens with zero attached hydrogens (tertiary/aromatic N) is 1. The zero-order chi connectivity index (χ0) is 13.3. The number of anilines is 1. The fourth-order valence-corrected chi connectivity index (χ4v) is 2.60. The van der Waals surface area contributed by atoms with Crippen molar-refractivity contribution in [3.63, 3.8) is 0 Å². The molecule has 3 heteroatoms. The van der Waals surface area contributed by atoms with Crippen molar-refractivity contribution in [1.82, 2.24) is 0 Å². The highest BCUT2D eigenvalue weighted by atomic mass is 16.4. The van der Waals surface area contributed by atoms with Gasteiger partial charge in [0.15, 0.2) is 0 Å². The molecule has 3 nitrogen and oxygen atoms in total. The first-order chi connectivity index (χ1) is 8.40. The van der Waals surface area contributed by atoms with Crippen LogP contribution in [0.3, 0.4) is 0 Å². The van der Waals surface area contributed by atoms with Crippen molar-refractivity contribution >= 4 is 11.7 Å². The monoisotopic (exact) mass is 247 g/mol. The third kappa shape index (κ3) is 2.50. The van der Waals surface area contributed by atoms with Crippen LogP contribution in [0.2, 0.25) is 0 Å². The molecule has 1 aliphatic rings. The van der Waals surface area contributed by atoms with E-state index in [1.54, 1.807) is 13.8 Å². The fourth-order valence-electron chi connectivity index (χ4n) is 2.60. The van der Waals surface area contributed by atoms with Crippen LogP contribution in [-0.4, -0.2) is 24.2 Å². The summed E-state index contributed by atoms with van der Waals surface area (Å²) in [6, 6.07) is 8.32. The summed E-state index contributed by atoms with van der Waals surface area (Å²) in [4.78, 5) is 13.5. The van der Waals surface area contributed by atoms with Crippen molar-refractivity contribution in [3.05, 3.63) is 29.8 Å². The molecular formula is C15H21NO2. The van der Waals surface area contributed by atoms with Crippen molar-refractivity contribution in [2.45, 2.75) is 27.2 Å². The van der Waals surface area contributed by atoms with Gasteiger partial charge in [0.2, 0.25) is 0 Å². The lowest BCUT2D eigenvalue weighted by Crippen LogP contribution is -2.43. The molecule has 2 rings (SSSR count). The van der Waals surface area contributed by atoms with Crippen molar-refractivity contribution in [1.29, 1.82) is 0 Å². The van der Waals surface area contributed by atoms with Gasteiger partial charge in [-0.25, -0.2) is 0 Å². The van der Waals surface area contributed by atoms with Crippen molar-refractivity contribution in [3.8, 4) is 0 Å². The Balaban J connectivity index is 2.27. The van der Waals surface area contributed by atoms with Gasteiger partial charge in [0.1, 0.15) is 0 Å². The minimum atomic E-state index is -0.738. The van der Waals surface area contributed by atoms with Gasteiger partial charge in [-0.3, -0.25) is 4.79 Å². The molecule has 1 aromatic carbocycles. The van der Waals surface area contributed by atoms with Gasteiger partial charge in [-0.2, -0.15) is 0 Å². The summed E-state index contributed by atoms with van der Waals surface area (Å²) >= 11 is 0. The van der Waals surface area contributed by atoms with Gasteiger partial charge in [-0.15, -0.1) is 0 Å². The number of carboxylic acid groups (broad SMARTS) is 1. The Morgan fingerprint density at radius 3 is 2.78 bits per heavy atom. The molecule has 1 unspecified atom stereocenters. The molecule has 1 aliphatic heterocycles. The van der Waals surface area contributed by atoms with Crippen LogP contribution in [-0.2, 0) is 11.2 Å². The normalized spacial score (nSPS) is 19.5. The van der Waals surface area contributed by atoms with Crippen LogP contribution in [0, 0.1) is 11.3 Å². The van der Waals surface area contributed by atoms with Crippen LogP contribution in [0.5, 0.6) is 0 Å². The average molecular weight is 247 g/mol. The van der Waals surface area contributed by atoms with E-state index in [1.165, 1.54) is 11.3 Å². The molecule has 0 saturated carbocycles. The van der Waals surface area contributed by atoms with Crippen molar-refractivity contribution in [2.75, 3.05) is 18.0 Å². The zero-order valence-corrected chi connectivity index (χ0v) is 11.3. The maximum absolute atomic E-state index is 11.3. The number of para-hydroxylation sites is 1. The second-order valence-electron chi connectivity index (χ2n) is 6.01. The number of hydrogen-bond acceptors (Lipinski definition) is 2. The third-order valence-corrected chi connectivity index (χ3v) is 3.60. The standard InChI is InChI=1S/C15H21NO2/c1-11-8-12-6-4-5-7-13(12)16(9-11)10-15(2,3)14(17)18/h4-7,11H,8-10H2,1-3H3,(H,17,18). The van der Waals surface area contributed by atoms with Gasteiger partial charge in [0.25, 0.3) is 0 Å². The van der Waals surface area contributed by atoms with E-state index in [4.69, 9.17) is 0 Å². The van der Waals surface area contributed by atoms with Crippen LogP contribution in [0.15, 0.2) is 24.3 Å². The second kappa shape index (κ2) is 4.63. The van der Waals surface area contributed by atoms with E-state index < -0.39 is 11.4 Å². The van der Waals surface area contributed by atoms with Gasteiger partial charge < -0.3 is 10.0 Å². The van der Waals surface area contributed by atoms with Gasteiger partial charge in [0, 0.05) is 18.8 Å². The highest BCUT2D eigenvalue weighted by Gasteiger charge is 2.32. The Morgan fingerprint density at radius 1 is 1.44 bits per heavy atom. The minimum Gasteiger partial charge on any atom is -0.481 e. The van der Waals surface area contributed by atoms with Crippen LogP contribution >= 0.6 is 0 Å². The molecule has 0 aliphatic carbocycles. The molecule has 0 aromatic heterocycles. The van der Waals surface area contributed by atoms with Crippen molar-refractivity contribution in [2.24, 2.45) is 11.3 Å². The molecule has 0 fully saturated rings. The van der Waals surface area contributed by atoms with E-state index >= 15 is 0 Å². The zero-order valence-electron chi connectivity index (χ0n) is 11.3. The molecule has 98 valence electrons. The molecule has 18 heavy (non-hydrogen) atoms. The van der Waals surface area contributed by atoms with Gasteiger partial charge >= 0.3 is 5.97 Å². The first-order valence-electron chi connectivity index (χ1n) is 6.46. The number of rotatable bonds is 3. The lowest BCUT2D eigenvalue weighted by molar-refractivity contribution is -0.146. The van der Waals surface area contributed by atoms with E-state index in [0.717, 1.165) is 13.0 Å². The largest absolute Gasteiger partial charge is 0.481 e. The van der Waals surface area contributed by atoms with Gasteiger partial charge in [0.05, 0.1) is 5.41 Å². The first-order valence-corrected chi connectivity index (χ1v) is 6.46. The highest BCUT2D eigenvalue weighted by molar-refractivity contribution is 5.75. The summed E-state index contributed by atoms with van der Waals surface area (Å²) in [6.45, 7) is 7.29. The van der Waals surface area contributed by atoms with E-state index in [0.29, 0.717) is 12.5 Å². The van der Waals surface area contributed by atoms with E-state index in [2.05, 4.69) is 30.0 Å². The quantitative estimate of drug-likeness (QED) is 0.893. The Bertz CT molecular complexity index is 454. The fraction of sp³-hybridized carbons (Fsp3) is 0.533. The van der Waals surface area contributed by atoms with Crippen molar-refractivity contribution < 1.29 is 9.90 Å². The van der Waals surface area contributed by atoms with Crippen LogP contribution in [0.4, 0.5) is 5.69 Å². The molecule has 0 amide bonds. The topological polar surface area (TPSA) is 40.5 Å². The van der Waals surface area contributed by atoms with Gasteiger partial charge in [-0.1, -0.05) is 25.1 Å². The van der Waals surface area contributed by atoms with Gasteiger partial charge in [-0.05, 0) is 37.8 Å². The summed E-state index contributed by atoms with van der Waals surface area (Å²) in [6.07, 6.45) is 1.08. The molecule has 0 saturated heterocycles. The first kappa shape index (κ1) is 12.9. The minimum absolute atomic E-state index is 0.559. The molecule has 1 N–H and O–H groups in total. The number of hydrogen-bond donors (Lipinski definition) is 1. The summed E-state index contributed by atoms with van der Waals surface area (Å²) in [5.74, 6) is -0.164. The molecule has 0 bridgehead atoms. The summed E-state index contributed by atoms with van der Waals surface area (Å²) < 4.78 is 0. The van der Waals surface area contributed by atoms with Crippen LogP contribution in [0.1, 0.15) is 26.3 Å². The van der Waals surface area contributed by atoms with Crippen LogP contribution in [0.25, 0.3) is 0 Å². The summed E-state index contributed by atoms with van der Waals surface area (Å²) in [5, 5.41) is 9.26. The molecule has 0 radical (unpaired) electrons. The maximum Gasteiger partial charge on any atom is 0.310 e. The number of carbonyl (C=O) groups is 1. The Kier molecular flexibility index (Phi) is 3.33. The Hall–Kier alpha value is -1.51. The van der Waals surface area contributed by atoms with E-state index in [9.17, 15) is 9.90 Å². The molecular weight excluding hydrogens is 226 g/mol. The predicted molar refractivity (Wildman–Crippen MR) is 72.9 cm³/mol. The molecule has 1 heterocycles. The molecule has 1 atom stereocenters. The molecule has 0 spiro atoms. The lowest BCUT2D eigenvalue weighted by atomic mass is 9.88.